The molecule has 1 unspecified atom stereocenters. The van der Waals surface area contributed by atoms with Crippen LogP contribution in [0.3, 0.4) is 0 Å². The molecule has 0 aromatic heterocycles. The predicted molar refractivity (Wildman–Crippen MR) is 154 cm³/mol. The summed E-state index contributed by atoms with van der Waals surface area (Å²) in [5.74, 6) is -0.168. The fourth-order valence-corrected chi connectivity index (χ4v) is 9.32. The summed E-state index contributed by atoms with van der Waals surface area (Å²) in [5, 5.41) is 3.36. The Morgan fingerprint density at radius 1 is 0.974 bits per heavy atom. The van der Waals surface area contributed by atoms with Crippen molar-refractivity contribution in [1.29, 1.82) is 0 Å². The van der Waals surface area contributed by atoms with Crippen LogP contribution in [0.5, 0.6) is 0 Å². The lowest BCUT2D eigenvalue weighted by atomic mass is 9.73. The molecule has 2 heterocycles. The lowest BCUT2D eigenvalue weighted by Crippen LogP contribution is -2.50. The summed E-state index contributed by atoms with van der Waals surface area (Å²) in [6.45, 7) is 2.54. The molecule has 1 atom stereocenters. The third kappa shape index (κ3) is 6.27. The maximum Gasteiger partial charge on any atom is 0.246 e. The number of ether oxygens (including phenoxy) is 1. The number of hydrogen-bond donors (Lipinski definition) is 1. The van der Waals surface area contributed by atoms with E-state index in [9.17, 15) is 13.2 Å². The first kappa shape index (κ1) is 29.1. The van der Waals surface area contributed by atoms with E-state index in [0.717, 1.165) is 38.8 Å². The van der Waals surface area contributed by atoms with E-state index in [-0.39, 0.29) is 63.3 Å². The van der Waals surface area contributed by atoms with E-state index in [1.807, 2.05) is 0 Å². The number of carbonyl (C=O) groups excluding carboxylic acids is 1. The number of sulfonamides is 1. The number of amides is 1. The summed E-state index contributed by atoms with van der Waals surface area (Å²) in [4.78, 5) is 15.2. The minimum Gasteiger partial charge on any atom is -0.367 e. The van der Waals surface area contributed by atoms with Crippen molar-refractivity contribution in [3.63, 3.8) is 0 Å². The molecule has 7 nitrogen and oxygen atoms in total. The number of nitrogens with one attached hydrogen (secondary N) is 1. The third-order valence-corrected chi connectivity index (χ3v) is 11.3. The molecule has 212 valence electrons. The van der Waals surface area contributed by atoms with Gasteiger partial charge in [0.25, 0.3) is 0 Å². The van der Waals surface area contributed by atoms with Gasteiger partial charge in [-0.1, -0.05) is 65.1 Å². The highest BCUT2D eigenvalue weighted by atomic mass is 35.5. The van der Waals surface area contributed by atoms with E-state index in [1.165, 1.54) is 34.8 Å². The second kappa shape index (κ2) is 12.2. The summed E-state index contributed by atoms with van der Waals surface area (Å²) in [5.41, 5.74) is 1.42. The molecule has 2 aromatic rings. The van der Waals surface area contributed by atoms with Gasteiger partial charge in [-0.25, -0.2) is 8.42 Å². The van der Waals surface area contributed by atoms with Gasteiger partial charge in [-0.15, -0.1) is 0 Å². The van der Waals surface area contributed by atoms with Crippen molar-refractivity contribution in [3.05, 3.63) is 63.1 Å². The predicted octanol–water partition coefficient (Wildman–Crippen LogP) is 5.48. The summed E-state index contributed by atoms with van der Waals surface area (Å²) in [6, 6.07) is 13.6. The smallest absolute Gasteiger partial charge is 0.246 e. The van der Waals surface area contributed by atoms with Crippen LogP contribution in [0.2, 0.25) is 15.1 Å². The van der Waals surface area contributed by atoms with Crippen molar-refractivity contribution in [1.82, 2.24) is 14.5 Å². The molecule has 2 aromatic carbocycles. The maximum atomic E-state index is 13.2. The second-order valence-corrected chi connectivity index (χ2v) is 13.8. The first-order valence-electron chi connectivity index (χ1n) is 13.6. The van der Waals surface area contributed by atoms with E-state index in [4.69, 9.17) is 39.5 Å². The zero-order valence-corrected chi connectivity index (χ0v) is 24.8. The summed E-state index contributed by atoms with van der Waals surface area (Å²) < 4.78 is 33.4. The highest BCUT2D eigenvalue weighted by molar-refractivity contribution is 7.89. The van der Waals surface area contributed by atoms with Gasteiger partial charge in [0, 0.05) is 29.7 Å². The van der Waals surface area contributed by atoms with Gasteiger partial charge in [-0.3, -0.25) is 9.69 Å². The Morgan fingerprint density at radius 2 is 1.62 bits per heavy atom. The fourth-order valence-electron chi connectivity index (χ4n) is 6.34. The Bertz CT molecular complexity index is 1260. The van der Waals surface area contributed by atoms with Crippen LogP contribution in [0, 0.1) is 0 Å². The van der Waals surface area contributed by atoms with E-state index in [2.05, 4.69) is 40.5 Å². The van der Waals surface area contributed by atoms with Crippen molar-refractivity contribution in [3.8, 4) is 0 Å². The van der Waals surface area contributed by atoms with Crippen molar-refractivity contribution >= 4 is 50.7 Å². The molecule has 2 saturated heterocycles. The molecule has 1 amide bonds. The average Bonchev–Trinajstić information content (AvgIpc) is 3.61. The number of rotatable bonds is 8. The van der Waals surface area contributed by atoms with Gasteiger partial charge in [-0.2, -0.15) is 4.31 Å². The maximum absolute atomic E-state index is 13.2. The zero-order valence-electron chi connectivity index (χ0n) is 21.8. The van der Waals surface area contributed by atoms with E-state index in [0.29, 0.717) is 6.42 Å². The minimum absolute atomic E-state index is 0.0234. The van der Waals surface area contributed by atoms with Crippen molar-refractivity contribution in [2.24, 2.45) is 0 Å². The molecule has 0 radical (unpaired) electrons. The molecule has 0 bridgehead atoms. The zero-order chi connectivity index (χ0) is 27.6. The standard InChI is InChI=1S/C28H34Cl3N3O4S/c29-21-16-24(30)27(25(31)17-21)39(36,37)34-15-10-23(18-34)38-19-26(35)32-22-8-11-28(12-9-22,33-13-4-5-14-33)20-6-2-1-3-7-20/h1-3,6-7,16-17,22-23H,4-5,8-15,18-19H2,(H,32,35). The topological polar surface area (TPSA) is 78.9 Å². The highest BCUT2D eigenvalue weighted by Gasteiger charge is 2.43. The molecule has 1 saturated carbocycles. The van der Waals surface area contributed by atoms with Crippen molar-refractivity contribution < 1.29 is 17.9 Å². The summed E-state index contributed by atoms with van der Waals surface area (Å²) in [7, 11) is -3.93. The van der Waals surface area contributed by atoms with Gasteiger partial charge in [0.15, 0.2) is 0 Å². The SMILES string of the molecule is O=C(COC1CCN(S(=O)(=O)c2c(Cl)cc(Cl)cc2Cl)C1)NC1CCC(c2ccccc2)(N2CCCC2)CC1. The molecule has 3 aliphatic rings. The Morgan fingerprint density at radius 3 is 2.26 bits per heavy atom. The number of benzene rings is 2. The van der Waals surface area contributed by atoms with Crippen LogP contribution in [-0.4, -0.2) is 68.5 Å². The van der Waals surface area contributed by atoms with Gasteiger partial charge in [0.05, 0.1) is 16.1 Å². The van der Waals surface area contributed by atoms with Gasteiger partial charge in [-0.05, 0) is 75.7 Å². The van der Waals surface area contributed by atoms with E-state index >= 15 is 0 Å². The van der Waals surface area contributed by atoms with Crippen LogP contribution in [0.4, 0.5) is 0 Å². The Labute approximate surface area is 245 Å². The van der Waals surface area contributed by atoms with E-state index < -0.39 is 10.0 Å². The van der Waals surface area contributed by atoms with E-state index in [1.54, 1.807) is 0 Å². The summed E-state index contributed by atoms with van der Waals surface area (Å²) in [6.07, 6.45) is 6.42. The first-order valence-corrected chi connectivity index (χ1v) is 16.1. The monoisotopic (exact) mass is 613 g/mol. The molecule has 5 rings (SSSR count). The highest BCUT2D eigenvalue weighted by Crippen LogP contribution is 2.44. The Balaban J connectivity index is 1.12. The average molecular weight is 615 g/mol. The number of hydrogen-bond acceptors (Lipinski definition) is 5. The van der Waals surface area contributed by atoms with Crippen LogP contribution in [0.15, 0.2) is 47.4 Å². The molecule has 11 heteroatoms. The quantitative estimate of drug-likeness (QED) is 0.426. The van der Waals surface area contributed by atoms with Gasteiger partial charge < -0.3 is 10.1 Å². The van der Waals surface area contributed by atoms with Gasteiger partial charge in [0.1, 0.15) is 11.5 Å². The molecular weight excluding hydrogens is 581 g/mol. The summed E-state index contributed by atoms with van der Waals surface area (Å²) >= 11 is 18.2. The van der Waals surface area contributed by atoms with Crippen molar-refractivity contribution in [2.45, 2.75) is 67.5 Å². The van der Waals surface area contributed by atoms with Crippen LogP contribution in [0.25, 0.3) is 0 Å². The molecule has 1 aliphatic carbocycles. The van der Waals surface area contributed by atoms with Gasteiger partial charge in [0.2, 0.25) is 15.9 Å². The molecule has 2 aliphatic heterocycles. The van der Waals surface area contributed by atoms with Crippen LogP contribution in [-0.2, 0) is 25.1 Å². The fraction of sp³-hybridized carbons (Fsp3) is 0.536. The van der Waals surface area contributed by atoms with Gasteiger partial charge >= 0.3 is 0 Å². The van der Waals surface area contributed by atoms with Crippen molar-refractivity contribution in [2.75, 3.05) is 32.8 Å². The minimum atomic E-state index is -3.93. The number of likely N-dealkylation sites (tertiary alicyclic amines) is 1. The normalized spacial score (nSPS) is 26.6. The van der Waals surface area contributed by atoms with Crippen LogP contribution >= 0.6 is 34.8 Å². The Hall–Kier alpha value is -1.39. The number of carbonyl (C=O) groups is 1. The third-order valence-electron chi connectivity index (χ3n) is 8.32. The number of nitrogens with zero attached hydrogens (tertiary/aromatic N) is 2. The van der Waals surface area contributed by atoms with Crippen LogP contribution < -0.4 is 5.32 Å². The molecule has 1 N–H and O–H groups in total. The first-order chi connectivity index (χ1) is 18.7. The second-order valence-electron chi connectivity index (χ2n) is 10.7. The molecular formula is C28H34Cl3N3O4S. The molecule has 3 fully saturated rings. The molecule has 39 heavy (non-hydrogen) atoms. The molecule has 0 spiro atoms. The lowest BCUT2D eigenvalue weighted by Gasteiger charge is -2.47. The largest absolute Gasteiger partial charge is 0.367 e. The van der Waals surface area contributed by atoms with Crippen LogP contribution in [0.1, 0.15) is 50.5 Å². The lowest BCUT2D eigenvalue weighted by molar-refractivity contribution is -0.128. The Kier molecular flexibility index (Phi) is 9.13. The number of halogens is 3.